The molecular formula is C23H24N2O2. The van der Waals surface area contributed by atoms with Crippen molar-refractivity contribution >= 4 is 16.7 Å². The van der Waals surface area contributed by atoms with Crippen LogP contribution in [0.3, 0.4) is 0 Å². The fraction of sp³-hybridized carbons (Fsp3) is 0.304. The number of aromatic nitrogens is 1. The molecule has 4 nitrogen and oxygen atoms in total. The summed E-state index contributed by atoms with van der Waals surface area (Å²) >= 11 is 0. The largest absolute Gasteiger partial charge is 0.474 e. The second kappa shape index (κ2) is 7.78. The van der Waals surface area contributed by atoms with Crippen molar-refractivity contribution in [3.05, 3.63) is 71.9 Å². The Kier molecular flexibility index (Phi) is 5.05. The number of nitrogens with one attached hydrogen (secondary N) is 1. The van der Waals surface area contributed by atoms with Gasteiger partial charge in [0, 0.05) is 23.9 Å². The van der Waals surface area contributed by atoms with Gasteiger partial charge < -0.3 is 10.1 Å². The van der Waals surface area contributed by atoms with Crippen LogP contribution >= 0.6 is 0 Å². The van der Waals surface area contributed by atoms with Crippen LogP contribution in [-0.2, 0) is 0 Å². The van der Waals surface area contributed by atoms with E-state index in [9.17, 15) is 4.79 Å². The van der Waals surface area contributed by atoms with Gasteiger partial charge in [0.2, 0.25) is 5.88 Å². The number of carbonyl (C=O) groups is 1. The summed E-state index contributed by atoms with van der Waals surface area (Å²) in [4.78, 5) is 17.1. The van der Waals surface area contributed by atoms with E-state index in [2.05, 4.69) is 10.3 Å². The average molecular weight is 360 g/mol. The third-order valence-electron chi connectivity index (χ3n) is 5.22. The Morgan fingerprint density at radius 3 is 2.56 bits per heavy atom. The maximum Gasteiger partial charge on any atom is 0.252 e. The molecule has 138 valence electrons. The van der Waals surface area contributed by atoms with E-state index < -0.39 is 0 Å². The van der Waals surface area contributed by atoms with E-state index in [-0.39, 0.29) is 18.1 Å². The van der Waals surface area contributed by atoms with Gasteiger partial charge in [0.15, 0.2) is 0 Å². The Hall–Kier alpha value is -2.88. The molecule has 1 N–H and O–H groups in total. The maximum absolute atomic E-state index is 12.8. The lowest BCUT2D eigenvalue weighted by molar-refractivity contribution is 0.0892. The molecule has 1 fully saturated rings. The molecule has 0 saturated heterocycles. The normalized spacial score (nSPS) is 19.6. The number of rotatable bonds is 4. The number of aryl methyl sites for hydroxylation is 1. The average Bonchev–Trinajstić information content (AvgIpc) is 2.71. The fourth-order valence-electron chi connectivity index (χ4n) is 3.71. The van der Waals surface area contributed by atoms with Gasteiger partial charge in [-0.05, 0) is 55.0 Å². The third kappa shape index (κ3) is 4.11. The number of nitrogens with zero attached hydrogens (tertiary/aromatic N) is 1. The summed E-state index contributed by atoms with van der Waals surface area (Å²) in [5.41, 5.74) is 1.87. The Balaban J connectivity index is 1.34. The number of pyridine rings is 1. The second-order valence-corrected chi connectivity index (χ2v) is 7.27. The van der Waals surface area contributed by atoms with E-state index in [0.29, 0.717) is 5.88 Å². The van der Waals surface area contributed by atoms with Gasteiger partial charge >= 0.3 is 0 Å². The van der Waals surface area contributed by atoms with Crippen molar-refractivity contribution < 1.29 is 9.53 Å². The van der Waals surface area contributed by atoms with E-state index in [0.717, 1.165) is 47.6 Å². The summed E-state index contributed by atoms with van der Waals surface area (Å²) in [6.07, 6.45) is 5.70. The molecule has 1 aromatic heterocycles. The zero-order valence-corrected chi connectivity index (χ0v) is 15.5. The second-order valence-electron chi connectivity index (χ2n) is 7.27. The summed E-state index contributed by atoms with van der Waals surface area (Å²) in [6, 6.07) is 18.0. The van der Waals surface area contributed by atoms with Crippen LogP contribution in [-0.4, -0.2) is 23.0 Å². The SMILES string of the molecule is Cc1ccc(OC2CCC(NC(=O)c3cccc4ccccc34)CC2)nc1. The van der Waals surface area contributed by atoms with Crippen LogP contribution in [0.2, 0.25) is 0 Å². The molecule has 2 aromatic carbocycles. The minimum absolute atomic E-state index is 0.0105. The highest BCUT2D eigenvalue weighted by Crippen LogP contribution is 2.24. The lowest BCUT2D eigenvalue weighted by Crippen LogP contribution is -2.39. The van der Waals surface area contributed by atoms with Gasteiger partial charge in [-0.25, -0.2) is 4.98 Å². The molecular weight excluding hydrogens is 336 g/mol. The Morgan fingerprint density at radius 1 is 1.00 bits per heavy atom. The highest BCUT2D eigenvalue weighted by molar-refractivity contribution is 6.07. The van der Waals surface area contributed by atoms with Crippen LogP contribution in [0.5, 0.6) is 5.88 Å². The molecule has 4 heteroatoms. The molecule has 1 heterocycles. The molecule has 3 aromatic rings. The monoisotopic (exact) mass is 360 g/mol. The molecule has 0 radical (unpaired) electrons. The van der Waals surface area contributed by atoms with E-state index in [1.807, 2.05) is 67.7 Å². The first-order valence-corrected chi connectivity index (χ1v) is 9.57. The van der Waals surface area contributed by atoms with Crippen LogP contribution in [0, 0.1) is 6.92 Å². The van der Waals surface area contributed by atoms with Crippen LogP contribution in [0.15, 0.2) is 60.8 Å². The van der Waals surface area contributed by atoms with E-state index >= 15 is 0 Å². The Labute approximate surface area is 159 Å². The number of fused-ring (bicyclic) bond motifs is 1. The fourth-order valence-corrected chi connectivity index (χ4v) is 3.71. The summed E-state index contributed by atoms with van der Waals surface area (Å²) < 4.78 is 5.98. The molecule has 1 aliphatic rings. The topological polar surface area (TPSA) is 51.2 Å². The number of hydrogen-bond acceptors (Lipinski definition) is 3. The Bertz CT molecular complexity index is 923. The van der Waals surface area contributed by atoms with Crippen molar-refractivity contribution in [1.29, 1.82) is 0 Å². The van der Waals surface area contributed by atoms with Crippen LogP contribution < -0.4 is 10.1 Å². The minimum Gasteiger partial charge on any atom is -0.474 e. The van der Waals surface area contributed by atoms with Gasteiger partial charge in [-0.1, -0.05) is 42.5 Å². The quantitative estimate of drug-likeness (QED) is 0.736. The van der Waals surface area contributed by atoms with Crippen molar-refractivity contribution in [2.45, 2.75) is 44.8 Å². The standard InChI is InChI=1S/C23H24N2O2/c1-16-9-14-22(24-15-16)27-19-12-10-18(11-13-19)25-23(26)21-8-4-6-17-5-2-3-7-20(17)21/h2-9,14-15,18-19H,10-13H2,1H3,(H,25,26). The molecule has 0 aliphatic heterocycles. The predicted octanol–water partition coefficient (Wildman–Crippen LogP) is 4.66. The van der Waals surface area contributed by atoms with Crippen molar-refractivity contribution in [2.75, 3.05) is 0 Å². The number of carbonyl (C=O) groups excluding carboxylic acids is 1. The van der Waals surface area contributed by atoms with Crippen molar-refractivity contribution in [2.24, 2.45) is 0 Å². The van der Waals surface area contributed by atoms with Crippen LogP contribution in [0.25, 0.3) is 10.8 Å². The number of amides is 1. The molecule has 27 heavy (non-hydrogen) atoms. The minimum atomic E-state index is 0.0105. The summed E-state index contributed by atoms with van der Waals surface area (Å²) in [5.74, 6) is 0.695. The first kappa shape index (κ1) is 17.5. The van der Waals surface area contributed by atoms with E-state index in [1.165, 1.54) is 0 Å². The molecule has 1 saturated carbocycles. The smallest absolute Gasteiger partial charge is 0.252 e. The van der Waals surface area contributed by atoms with Crippen molar-refractivity contribution in [3.8, 4) is 5.88 Å². The van der Waals surface area contributed by atoms with Gasteiger partial charge in [-0.3, -0.25) is 4.79 Å². The summed E-state index contributed by atoms with van der Waals surface area (Å²) in [7, 11) is 0. The van der Waals surface area contributed by atoms with E-state index in [1.54, 1.807) is 0 Å². The van der Waals surface area contributed by atoms with Crippen molar-refractivity contribution in [3.63, 3.8) is 0 Å². The third-order valence-corrected chi connectivity index (χ3v) is 5.22. The Morgan fingerprint density at radius 2 is 1.78 bits per heavy atom. The van der Waals surface area contributed by atoms with Gasteiger partial charge in [0.05, 0.1) is 0 Å². The van der Waals surface area contributed by atoms with Crippen LogP contribution in [0.4, 0.5) is 0 Å². The maximum atomic E-state index is 12.8. The molecule has 1 amide bonds. The number of benzene rings is 2. The molecule has 0 spiro atoms. The molecule has 4 rings (SSSR count). The summed E-state index contributed by atoms with van der Waals surface area (Å²) in [5, 5.41) is 5.30. The van der Waals surface area contributed by atoms with E-state index in [4.69, 9.17) is 4.74 Å². The lowest BCUT2D eigenvalue weighted by Gasteiger charge is -2.29. The van der Waals surface area contributed by atoms with Crippen molar-refractivity contribution in [1.82, 2.24) is 10.3 Å². The molecule has 1 aliphatic carbocycles. The highest BCUT2D eigenvalue weighted by atomic mass is 16.5. The predicted molar refractivity (Wildman–Crippen MR) is 107 cm³/mol. The van der Waals surface area contributed by atoms with Crippen LogP contribution in [0.1, 0.15) is 41.6 Å². The summed E-state index contributed by atoms with van der Waals surface area (Å²) in [6.45, 7) is 2.01. The van der Waals surface area contributed by atoms with Gasteiger partial charge in [0.25, 0.3) is 5.91 Å². The highest BCUT2D eigenvalue weighted by Gasteiger charge is 2.24. The van der Waals surface area contributed by atoms with Gasteiger partial charge in [0.1, 0.15) is 6.10 Å². The molecule has 0 atom stereocenters. The molecule has 0 bridgehead atoms. The zero-order valence-electron chi connectivity index (χ0n) is 15.5. The van der Waals surface area contributed by atoms with Gasteiger partial charge in [-0.2, -0.15) is 0 Å². The number of ether oxygens (including phenoxy) is 1. The molecule has 0 unspecified atom stereocenters. The zero-order chi connectivity index (χ0) is 18.6. The lowest BCUT2D eigenvalue weighted by atomic mass is 9.92. The van der Waals surface area contributed by atoms with Gasteiger partial charge in [-0.15, -0.1) is 0 Å². The first-order chi connectivity index (χ1) is 13.2. The first-order valence-electron chi connectivity index (χ1n) is 9.57. The number of hydrogen-bond donors (Lipinski definition) is 1.